The normalized spacial score (nSPS) is 26.9. The van der Waals surface area contributed by atoms with Crippen LogP contribution in [0.1, 0.15) is 62.6 Å². The molecule has 2 bridgehead atoms. The number of aromatic nitrogens is 1. The first-order chi connectivity index (χ1) is 13.5. The molecule has 154 valence electrons. The van der Waals surface area contributed by atoms with Gasteiger partial charge in [-0.3, -0.25) is 14.5 Å². The van der Waals surface area contributed by atoms with E-state index in [0.29, 0.717) is 25.6 Å². The summed E-state index contributed by atoms with van der Waals surface area (Å²) in [5, 5.41) is 9.65. The number of carbonyl (C=O) groups is 1. The van der Waals surface area contributed by atoms with Gasteiger partial charge in [0.05, 0.1) is 0 Å². The van der Waals surface area contributed by atoms with Crippen molar-refractivity contribution in [1.82, 2.24) is 14.4 Å². The van der Waals surface area contributed by atoms with E-state index < -0.39 is 6.10 Å². The highest BCUT2D eigenvalue weighted by atomic mass is 16.3. The van der Waals surface area contributed by atoms with Crippen LogP contribution < -0.4 is 5.56 Å². The molecule has 6 heteroatoms. The molecule has 1 aromatic heterocycles. The van der Waals surface area contributed by atoms with Gasteiger partial charge < -0.3 is 14.6 Å². The van der Waals surface area contributed by atoms with Crippen LogP contribution in [-0.2, 0) is 17.9 Å². The van der Waals surface area contributed by atoms with Crippen molar-refractivity contribution >= 4 is 5.91 Å². The lowest BCUT2D eigenvalue weighted by atomic mass is 9.82. The Morgan fingerprint density at radius 1 is 1.11 bits per heavy atom. The molecular weight excluding hydrogens is 354 g/mol. The molecule has 0 radical (unpaired) electrons. The van der Waals surface area contributed by atoms with Gasteiger partial charge >= 0.3 is 0 Å². The minimum absolute atomic E-state index is 0.157. The van der Waals surface area contributed by atoms with Gasteiger partial charge in [0.15, 0.2) is 0 Å². The third-order valence-corrected chi connectivity index (χ3v) is 6.69. The van der Waals surface area contributed by atoms with Crippen LogP contribution >= 0.6 is 0 Å². The van der Waals surface area contributed by atoms with Crippen LogP contribution in [0.4, 0.5) is 0 Å². The van der Waals surface area contributed by atoms with E-state index in [-0.39, 0.29) is 17.4 Å². The molecule has 0 aliphatic carbocycles. The maximum Gasteiger partial charge on any atom is 0.255 e. The summed E-state index contributed by atoms with van der Waals surface area (Å²) in [5.41, 5.74) is 2.12. The van der Waals surface area contributed by atoms with Crippen LogP contribution in [0.2, 0.25) is 0 Å². The Kier molecular flexibility index (Phi) is 5.88. The minimum atomic E-state index is -0.957. The number of aliphatic hydroxyl groups is 1. The number of rotatable bonds is 3. The number of hydrogen-bond acceptors (Lipinski definition) is 4. The van der Waals surface area contributed by atoms with Crippen LogP contribution in [0.15, 0.2) is 16.9 Å². The van der Waals surface area contributed by atoms with E-state index in [1.54, 1.807) is 4.90 Å². The molecule has 3 aliphatic rings. The Morgan fingerprint density at radius 2 is 1.82 bits per heavy atom. The first kappa shape index (κ1) is 19.6. The maximum absolute atomic E-state index is 13.2. The average molecular weight is 388 g/mol. The van der Waals surface area contributed by atoms with E-state index in [1.165, 1.54) is 39.0 Å². The van der Waals surface area contributed by atoms with E-state index in [0.717, 1.165) is 37.3 Å². The van der Waals surface area contributed by atoms with E-state index in [4.69, 9.17) is 0 Å². The largest absolute Gasteiger partial charge is 0.384 e. The monoisotopic (exact) mass is 387 g/mol. The van der Waals surface area contributed by atoms with Crippen LogP contribution in [0, 0.1) is 5.92 Å². The van der Waals surface area contributed by atoms with Gasteiger partial charge in [0.2, 0.25) is 0 Å². The van der Waals surface area contributed by atoms with Gasteiger partial charge in [-0.05, 0) is 51.3 Å². The molecule has 2 fully saturated rings. The average Bonchev–Trinajstić information content (AvgIpc) is 2.65. The van der Waals surface area contributed by atoms with Crippen LogP contribution in [-0.4, -0.2) is 57.7 Å². The molecule has 2 saturated heterocycles. The van der Waals surface area contributed by atoms with Gasteiger partial charge in [0.1, 0.15) is 6.10 Å². The molecule has 0 saturated carbocycles. The second-order valence-corrected chi connectivity index (χ2v) is 8.96. The van der Waals surface area contributed by atoms with Crippen molar-refractivity contribution in [3.05, 3.63) is 33.7 Å². The standard InChI is InChI=1S/C22H33N3O3/c1-16(26)21(27)24-12-17-11-19(15-24)20-8-7-18(22(28)25(20)13-17)14-23-9-5-3-2-4-6-10-23/h7-8,16-17,19,26H,2-6,9-15H2,1H3/t16-,17+,19-/m1/s1. The highest BCUT2D eigenvalue weighted by Crippen LogP contribution is 2.35. The number of carbonyl (C=O) groups excluding carboxylic acids is 1. The molecule has 1 N–H and O–H groups in total. The highest BCUT2D eigenvalue weighted by molar-refractivity contribution is 5.80. The second kappa shape index (κ2) is 8.37. The molecule has 0 unspecified atom stereocenters. The summed E-state index contributed by atoms with van der Waals surface area (Å²) in [5.74, 6) is 0.293. The van der Waals surface area contributed by atoms with E-state index in [9.17, 15) is 14.7 Å². The number of aliphatic hydroxyl groups excluding tert-OH is 1. The van der Waals surface area contributed by atoms with Crippen LogP contribution in [0.25, 0.3) is 0 Å². The number of nitrogens with zero attached hydrogens (tertiary/aromatic N) is 3. The molecule has 28 heavy (non-hydrogen) atoms. The first-order valence-electron chi connectivity index (χ1n) is 10.9. The van der Waals surface area contributed by atoms with Crippen LogP contribution in [0.3, 0.4) is 0 Å². The molecule has 3 aliphatic heterocycles. The lowest BCUT2D eigenvalue weighted by molar-refractivity contribution is -0.142. The predicted molar refractivity (Wildman–Crippen MR) is 108 cm³/mol. The fraction of sp³-hybridized carbons (Fsp3) is 0.727. The van der Waals surface area contributed by atoms with E-state index >= 15 is 0 Å². The third kappa shape index (κ3) is 4.03. The molecular formula is C22H33N3O3. The van der Waals surface area contributed by atoms with Gasteiger partial charge in [0, 0.05) is 43.4 Å². The Balaban J connectivity index is 1.53. The number of likely N-dealkylation sites (tertiary alicyclic amines) is 2. The number of amides is 1. The van der Waals surface area contributed by atoms with Gasteiger partial charge in [0.25, 0.3) is 11.5 Å². The lowest BCUT2D eigenvalue weighted by Crippen LogP contribution is -2.51. The molecule has 3 atom stereocenters. The fourth-order valence-corrected chi connectivity index (χ4v) is 5.27. The maximum atomic E-state index is 13.2. The number of fused-ring (bicyclic) bond motifs is 4. The van der Waals surface area contributed by atoms with Crippen LogP contribution in [0.5, 0.6) is 0 Å². The van der Waals surface area contributed by atoms with Crippen molar-refractivity contribution in [2.24, 2.45) is 5.92 Å². The fourth-order valence-electron chi connectivity index (χ4n) is 5.27. The molecule has 6 nitrogen and oxygen atoms in total. The zero-order valence-electron chi connectivity index (χ0n) is 17.0. The van der Waals surface area contributed by atoms with Gasteiger partial charge in [-0.25, -0.2) is 0 Å². The van der Waals surface area contributed by atoms with Crippen molar-refractivity contribution in [3.63, 3.8) is 0 Å². The third-order valence-electron chi connectivity index (χ3n) is 6.69. The molecule has 0 aromatic carbocycles. The quantitative estimate of drug-likeness (QED) is 0.861. The van der Waals surface area contributed by atoms with E-state index in [1.807, 2.05) is 10.6 Å². The molecule has 1 aromatic rings. The Hall–Kier alpha value is -1.66. The summed E-state index contributed by atoms with van der Waals surface area (Å²) in [6, 6.07) is 4.13. The van der Waals surface area contributed by atoms with Gasteiger partial charge in [-0.1, -0.05) is 25.3 Å². The molecule has 0 spiro atoms. The zero-order chi connectivity index (χ0) is 19.7. The molecule has 4 rings (SSSR count). The first-order valence-corrected chi connectivity index (χ1v) is 10.9. The number of pyridine rings is 1. The zero-order valence-corrected chi connectivity index (χ0v) is 17.0. The summed E-state index contributed by atoms with van der Waals surface area (Å²) >= 11 is 0. The summed E-state index contributed by atoms with van der Waals surface area (Å²) in [4.78, 5) is 29.7. The van der Waals surface area contributed by atoms with Crippen molar-refractivity contribution in [3.8, 4) is 0 Å². The number of hydrogen-bond donors (Lipinski definition) is 1. The minimum Gasteiger partial charge on any atom is -0.384 e. The summed E-state index contributed by atoms with van der Waals surface area (Å²) < 4.78 is 1.97. The Bertz CT molecular complexity index is 765. The SMILES string of the molecule is C[C@@H](O)C(=O)N1C[C@@H]2C[C@H](C1)c1ccc(CN3CCCCCCC3)c(=O)n1C2. The molecule has 4 heterocycles. The molecule has 1 amide bonds. The second-order valence-electron chi connectivity index (χ2n) is 8.96. The summed E-state index contributed by atoms with van der Waals surface area (Å²) in [6.45, 7) is 6.38. The lowest BCUT2D eigenvalue weighted by Gasteiger charge is -2.43. The van der Waals surface area contributed by atoms with E-state index in [2.05, 4.69) is 11.0 Å². The van der Waals surface area contributed by atoms with Crippen molar-refractivity contribution in [2.75, 3.05) is 26.2 Å². The van der Waals surface area contributed by atoms with Gasteiger partial charge in [-0.2, -0.15) is 0 Å². The summed E-state index contributed by atoms with van der Waals surface area (Å²) in [7, 11) is 0. The Morgan fingerprint density at radius 3 is 2.54 bits per heavy atom. The summed E-state index contributed by atoms with van der Waals surface area (Å²) in [6.07, 6.45) is 6.45. The smallest absolute Gasteiger partial charge is 0.255 e. The number of piperidine rings is 1. The van der Waals surface area contributed by atoms with Crippen molar-refractivity contribution in [1.29, 1.82) is 0 Å². The highest BCUT2D eigenvalue weighted by Gasteiger charge is 2.37. The van der Waals surface area contributed by atoms with Crippen molar-refractivity contribution in [2.45, 2.75) is 70.6 Å². The predicted octanol–water partition coefficient (Wildman–Crippen LogP) is 1.94. The topological polar surface area (TPSA) is 65.8 Å². The van der Waals surface area contributed by atoms with Crippen molar-refractivity contribution < 1.29 is 9.90 Å². The Labute approximate surface area is 167 Å². The van der Waals surface area contributed by atoms with Gasteiger partial charge in [-0.15, -0.1) is 0 Å².